The number of carbonyl (C=O) groups is 1. The number of thioether (sulfide) groups is 1. The van der Waals surface area contributed by atoms with Crippen molar-refractivity contribution >= 4 is 17.5 Å². The van der Waals surface area contributed by atoms with Gasteiger partial charge in [-0.1, -0.05) is 24.3 Å². The zero-order valence-electron chi connectivity index (χ0n) is 7.62. The Kier molecular flexibility index (Phi) is 2.40. The molecule has 1 unspecified atom stereocenters. The van der Waals surface area contributed by atoms with Crippen LogP contribution in [0, 0.1) is 0 Å². The first-order chi connectivity index (χ1) is 6.33. The Labute approximate surface area is 82.5 Å². The Morgan fingerprint density at radius 2 is 2.15 bits per heavy atom. The summed E-state index contributed by atoms with van der Waals surface area (Å²) >= 11 is 1.67. The molecule has 0 saturated heterocycles. The van der Waals surface area contributed by atoms with Gasteiger partial charge in [0.2, 0.25) is 0 Å². The second kappa shape index (κ2) is 3.54. The molecule has 0 aromatic heterocycles. The van der Waals surface area contributed by atoms with Crippen molar-refractivity contribution in [1.82, 2.24) is 0 Å². The van der Waals surface area contributed by atoms with Crippen LogP contribution < -0.4 is 0 Å². The molecule has 1 aliphatic rings. The standard InChI is InChI=1S/C11H12OS/c1-13-10-7-6-8-4-2-3-5-9(8)11(10)12/h2-5,10H,6-7H2,1H3. The average Bonchev–Trinajstić information content (AvgIpc) is 2.19. The summed E-state index contributed by atoms with van der Waals surface area (Å²) in [5, 5.41) is 0.190. The molecule has 13 heavy (non-hydrogen) atoms. The van der Waals surface area contributed by atoms with E-state index in [2.05, 4.69) is 6.07 Å². The van der Waals surface area contributed by atoms with Crippen molar-refractivity contribution in [2.75, 3.05) is 6.26 Å². The summed E-state index contributed by atoms with van der Waals surface area (Å²) in [7, 11) is 0. The maximum atomic E-state index is 11.8. The molecule has 0 amide bonds. The first kappa shape index (κ1) is 8.82. The number of Topliss-reactive ketones (excluding diaryl/α,β-unsaturated/α-hetero) is 1. The molecule has 1 aromatic carbocycles. The number of hydrogen-bond acceptors (Lipinski definition) is 2. The molecule has 2 heteroatoms. The van der Waals surface area contributed by atoms with Crippen LogP contribution in [0.15, 0.2) is 24.3 Å². The van der Waals surface area contributed by atoms with E-state index in [4.69, 9.17) is 0 Å². The molecule has 0 fully saturated rings. The van der Waals surface area contributed by atoms with Crippen LogP contribution in [0.5, 0.6) is 0 Å². The Bertz CT molecular complexity index is 333. The Morgan fingerprint density at radius 1 is 1.38 bits per heavy atom. The number of ketones is 1. The van der Waals surface area contributed by atoms with Crippen LogP contribution in [0.25, 0.3) is 0 Å². The lowest BCUT2D eigenvalue weighted by Gasteiger charge is -2.21. The van der Waals surface area contributed by atoms with Gasteiger partial charge in [-0.05, 0) is 24.7 Å². The molecule has 1 aliphatic carbocycles. The van der Waals surface area contributed by atoms with Gasteiger partial charge in [-0.2, -0.15) is 11.8 Å². The zero-order valence-corrected chi connectivity index (χ0v) is 8.43. The second-order valence-corrected chi connectivity index (χ2v) is 4.32. The van der Waals surface area contributed by atoms with Crippen LogP contribution in [0.2, 0.25) is 0 Å². The summed E-state index contributed by atoms with van der Waals surface area (Å²) < 4.78 is 0. The molecule has 1 atom stereocenters. The Morgan fingerprint density at radius 3 is 2.92 bits per heavy atom. The first-order valence-electron chi connectivity index (χ1n) is 4.48. The number of carbonyl (C=O) groups excluding carboxylic acids is 1. The summed E-state index contributed by atoms with van der Waals surface area (Å²) in [6, 6.07) is 7.95. The molecular weight excluding hydrogens is 180 g/mol. The normalized spacial score (nSPS) is 21.3. The molecular formula is C11H12OS. The third kappa shape index (κ3) is 1.51. The van der Waals surface area contributed by atoms with Crippen molar-refractivity contribution in [3.8, 4) is 0 Å². The smallest absolute Gasteiger partial charge is 0.176 e. The van der Waals surface area contributed by atoms with Crippen LogP contribution in [0.3, 0.4) is 0 Å². The molecule has 2 rings (SSSR count). The molecule has 0 heterocycles. The van der Waals surface area contributed by atoms with E-state index in [1.54, 1.807) is 11.8 Å². The molecule has 1 aromatic rings. The van der Waals surface area contributed by atoms with Gasteiger partial charge in [-0.25, -0.2) is 0 Å². The van der Waals surface area contributed by atoms with Gasteiger partial charge in [-0.15, -0.1) is 0 Å². The van der Waals surface area contributed by atoms with E-state index in [0.29, 0.717) is 5.78 Å². The minimum atomic E-state index is 0.190. The number of benzene rings is 1. The van der Waals surface area contributed by atoms with Crippen molar-refractivity contribution < 1.29 is 4.79 Å². The maximum absolute atomic E-state index is 11.8. The third-order valence-electron chi connectivity index (χ3n) is 2.54. The lowest BCUT2D eigenvalue weighted by molar-refractivity contribution is 0.0979. The zero-order chi connectivity index (χ0) is 9.26. The van der Waals surface area contributed by atoms with Gasteiger partial charge in [0, 0.05) is 5.56 Å². The van der Waals surface area contributed by atoms with Gasteiger partial charge in [0.15, 0.2) is 5.78 Å². The molecule has 0 bridgehead atoms. The van der Waals surface area contributed by atoms with Crippen LogP contribution in [-0.4, -0.2) is 17.3 Å². The molecule has 0 saturated carbocycles. The van der Waals surface area contributed by atoms with Gasteiger partial charge in [0.05, 0.1) is 5.25 Å². The van der Waals surface area contributed by atoms with Gasteiger partial charge >= 0.3 is 0 Å². The lowest BCUT2D eigenvalue weighted by Crippen LogP contribution is -2.24. The fourth-order valence-corrected chi connectivity index (χ4v) is 2.49. The van der Waals surface area contributed by atoms with Crippen LogP contribution in [-0.2, 0) is 6.42 Å². The Balaban J connectivity index is 2.39. The van der Waals surface area contributed by atoms with Crippen molar-refractivity contribution in [2.45, 2.75) is 18.1 Å². The number of hydrogen-bond donors (Lipinski definition) is 0. The van der Waals surface area contributed by atoms with E-state index < -0.39 is 0 Å². The highest BCUT2D eigenvalue weighted by atomic mass is 32.2. The largest absolute Gasteiger partial charge is 0.293 e. The van der Waals surface area contributed by atoms with Crippen molar-refractivity contribution in [1.29, 1.82) is 0 Å². The fraction of sp³-hybridized carbons (Fsp3) is 0.364. The summed E-state index contributed by atoms with van der Waals surface area (Å²) in [5.41, 5.74) is 2.16. The van der Waals surface area contributed by atoms with E-state index in [0.717, 1.165) is 18.4 Å². The topological polar surface area (TPSA) is 17.1 Å². The minimum Gasteiger partial charge on any atom is -0.293 e. The summed E-state index contributed by atoms with van der Waals surface area (Å²) in [6.07, 6.45) is 4.06. The highest BCUT2D eigenvalue weighted by Crippen LogP contribution is 2.27. The predicted molar refractivity (Wildman–Crippen MR) is 56.4 cm³/mol. The van der Waals surface area contributed by atoms with Crippen LogP contribution >= 0.6 is 11.8 Å². The van der Waals surface area contributed by atoms with E-state index >= 15 is 0 Å². The van der Waals surface area contributed by atoms with Gasteiger partial charge < -0.3 is 0 Å². The molecule has 0 N–H and O–H groups in total. The van der Waals surface area contributed by atoms with Gasteiger partial charge in [0.1, 0.15) is 0 Å². The van der Waals surface area contributed by atoms with E-state index in [-0.39, 0.29) is 5.25 Å². The predicted octanol–water partition coefficient (Wildman–Crippen LogP) is 2.55. The number of fused-ring (bicyclic) bond motifs is 1. The van der Waals surface area contributed by atoms with Crippen molar-refractivity contribution in [3.63, 3.8) is 0 Å². The summed E-state index contributed by atoms with van der Waals surface area (Å²) in [4.78, 5) is 11.8. The monoisotopic (exact) mass is 192 g/mol. The molecule has 1 nitrogen and oxygen atoms in total. The third-order valence-corrected chi connectivity index (χ3v) is 3.55. The fourth-order valence-electron chi connectivity index (χ4n) is 1.79. The summed E-state index contributed by atoms with van der Waals surface area (Å²) in [6.45, 7) is 0. The SMILES string of the molecule is CSC1CCc2ccccc2C1=O. The van der Waals surface area contributed by atoms with Gasteiger partial charge in [0.25, 0.3) is 0 Å². The van der Waals surface area contributed by atoms with E-state index in [9.17, 15) is 4.79 Å². The quantitative estimate of drug-likeness (QED) is 0.680. The second-order valence-electron chi connectivity index (χ2n) is 3.28. The number of rotatable bonds is 1. The lowest BCUT2D eigenvalue weighted by atomic mass is 9.90. The average molecular weight is 192 g/mol. The minimum absolute atomic E-state index is 0.190. The van der Waals surface area contributed by atoms with Crippen molar-refractivity contribution in [2.24, 2.45) is 0 Å². The van der Waals surface area contributed by atoms with Crippen LogP contribution in [0.1, 0.15) is 22.3 Å². The highest BCUT2D eigenvalue weighted by molar-refractivity contribution is 7.99. The molecule has 0 radical (unpaired) electrons. The van der Waals surface area contributed by atoms with Crippen LogP contribution in [0.4, 0.5) is 0 Å². The first-order valence-corrected chi connectivity index (χ1v) is 5.76. The Hall–Kier alpha value is -0.760. The van der Waals surface area contributed by atoms with E-state index in [1.807, 2.05) is 24.5 Å². The van der Waals surface area contributed by atoms with Crippen molar-refractivity contribution in [3.05, 3.63) is 35.4 Å². The number of aryl methyl sites for hydroxylation is 1. The molecule has 0 spiro atoms. The molecule has 0 aliphatic heterocycles. The van der Waals surface area contributed by atoms with Gasteiger partial charge in [-0.3, -0.25) is 4.79 Å². The van der Waals surface area contributed by atoms with E-state index in [1.165, 1.54) is 5.56 Å². The highest BCUT2D eigenvalue weighted by Gasteiger charge is 2.25. The molecule has 68 valence electrons. The maximum Gasteiger partial charge on any atom is 0.176 e. The summed E-state index contributed by atoms with van der Waals surface area (Å²) in [5.74, 6) is 0.314.